The van der Waals surface area contributed by atoms with Gasteiger partial charge in [0.2, 0.25) is 0 Å². The van der Waals surface area contributed by atoms with Gasteiger partial charge in [0.05, 0.1) is 29.4 Å². The Balaban J connectivity index is 1.92. The van der Waals surface area contributed by atoms with Crippen molar-refractivity contribution in [2.24, 2.45) is 11.8 Å². The number of ether oxygens (including phenoxy) is 2. The molecule has 8 heteroatoms. The number of benzene rings is 1. The monoisotopic (exact) mass is 464 g/mol. The summed E-state index contributed by atoms with van der Waals surface area (Å²) in [5, 5.41) is 42.5. The third-order valence-electron chi connectivity index (χ3n) is 6.79. The summed E-state index contributed by atoms with van der Waals surface area (Å²) < 4.78 is 11.5. The zero-order valence-electron chi connectivity index (χ0n) is 19.8. The van der Waals surface area contributed by atoms with Crippen molar-refractivity contribution in [3.63, 3.8) is 0 Å². The molecule has 2 aliphatic rings. The second-order valence-electron chi connectivity index (χ2n) is 9.70. The highest BCUT2D eigenvalue weighted by Crippen LogP contribution is 2.51. The lowest BCUT2D eigenvalue weighted by Gasteiger charge is -2.39. The van der Waals surface area contributed by atoms with Crippen LogP contribution in [0.2, 0.25) is 0 Å². The van der Waals surface area contributed by atoms with Crippen LogP contribution < -0.4 is 0 Å². The Kier molecular flexibility index (Phi) is 7.84. The van der Waals surface area contributed by atoms with Gasteiger partial charge in [-0.25, -0.2) is 0 Å². The fourth-order valence-corrected chi connectivity index (χ4v) is 5.06. The number of aromatic hydroxyl groups is 2. The number of epoxide rings is 1. The maximum absolute atomic E-state index is 13.6. The molecule has 2 heterocycles. The van der Waals surface area contributed by atoms with Gasteiger partial charge in [-0.15, -0.1) is 0 Å². The van der Waals surface area contributed by atoms with E-state index in [2.05, 4.69) is 0 Å². The molecule has 0 aromatic heterocycles. The quantitative estimate of drug-likeness (QED) is 0.235. The fourth-order valence-electron chi connectivity index (χ4n) is 5.06. The van der Waals surface area contributed by atoms with Gasteiger partial charge in [-0.1, -0.05) is 40.5 Å². The molecule has 0 bridgehead atoms. The summed E-state index contributed by atoms with van der Waals surface area (Å²) in [6.45, 7) is 7.77. The van der Waals surface area contributed by atoms with Gasteiger partial charge >= 0.3 is 0 Å². The number of Topliss-reactive ketones (excluding diaryl/α,β-unsaturated/α-hetero) is 1. The maximum atomic E-state index is 13.6. The molecule has 6 atom stereocenters. The van der Waals surface area contributed by atoms with Crippen LogP contribution in [0.4, 0.5) is 0 Å². The highest BCUT2D eigenvalue weighted by Gasteiger charge is 2.69. The van der Waals surface area contributed by atoms with Gasteiger partial charge in [0, 0.05) is 12.3 Å². The summed E-state index contributed by atoms with van der Waals surface area (Å²) in [5.74, 6) is -1.96. The summed E-state index contributed by atoms with van der Waals surface area (Å²) in [5.41, 5.74) is -1.13. The Morgan fingerprint density at radius 2 is 1.91 bits per heavy atom. The van der Waals surface area contributed by atoms with E-state index in [-0.39, 0.29) is 35.3 Å². The first kappa shape index (κ1) is 25.6. The Labute approximate surface area is 194 Å². The number of ketones is 1. The number of hydrogen-bond donors (Lipinski definition) is 4. The second-order valence-corrected chi connectivity index (χ2v) is 9.70. The Morgan fingerprint density at radius 1 is 1.21 bits per heavy atom. The minimum atomic E-state index is -1.37. The number of aliphatic hydroxyl groups excluding tert-OH is 2. The maximum Gasteiger partial charge on any atom is 0.189 e. The number of carbonyl (C=O) groups excluding carboxylic acids is 2. The van der Waals surface area contributed by atoms with E-state index in [9.17, 15) is 30.0 Å². The van der Waals surface area contributed by atoms with Crippen molar-refractivity contribution in [1.82, 2.24) is 0 Å². The number of phenolic OH excluding ortho intramolecular Hbond substituents is 2. The van der Waals surface area contributed by atoms with Crippen LogP contribution >= 0.6 is 0 Å². The molecule has 0 aliphatic carbocycles. The molecule has 0 amide bonds. The van der Waals surface area contributed by atoms with Crippen molar-refractivity contribution >= 4 is 12.1 Å². The minimum Gasteiger partial charge on any atom is -0.507 e. The van der Waals surface area contributed by atoms with Crippen LogP contribution in [0.15, 0.2) is 6.07 Å². The SMILES string of the molecule is CCCC(C(=O)c1cc(CC(C)C)c(O)c(C=O)c1O)C1CC(O)C2(O[C@H]2CCC)[C@H](O)O1. The Bertz CT molecular complexity index is 868. The summed E-state index contributed by atoms with van der Waals surface area (Å²) in [6, 6.07) is 1.43. The third kappa shape index (κ3) is 4.67. The van der Waals surface area contributed by atoms with Crippen molar-refractivity contribution in [2.45, 2.75) is 96.4 Å². The number of carbonyl (C=O) groups is 2. The van der Waals surface area contributed by atoms with E-state index in [4.69, 9.17) is 9.47 Å². The molecule has 3 rings (SSSR count). The van der Waals surface area contributed by atoms with Crippen molar-refractivity contribution in [2.75, 3.05) is 0 Å². The Morgan fingerprint density at radius 3 is 2.45 bits per heavy atom. The normalized spacial score (nSPS) is 29.9. The van der Waals surface area contributed by atoms with Gasteiger partial charge in [0.25, 0.3) is 0 Å². The van der Waals surface area contributed by atoms with Gasteiger partial charge in [0.1, 0.15) is 11.5 Å². The molecule has 33 heavy (non-hydrogen) atoms. The topological polar surface area (TPSA) is 137 Å². The fraction of sp³-hybridized carbons (Fsp3) is 0.680. The van der Waals surface area contributed by atoms with E-state index >= 15 is 0 Å². The number of rotatable bonds is 10. The van der Waals surface area contributed by atoms with E-state index in [1.165, 1.54) is 6.07 Å². The van der Waals surface area contributed by atoms with Crippen LogP contribution in [0.3, 0.4) is 0 Å². The van der Waals surface area contributed by atoms with E-state index < -0.39 is 41.5 Å². The van der Waals surface area contributed by atoms with Crippen molar-refractivity contribution in [1.29, 1.82) is 0 Å². The molecule has 2 saturated heterocycles. The highest BCUT2D eigenvalue weighted by molar-refractivity contribution is 6.04. The van der Waals surface area contributed by atoms with Crippen LogP contribution in [0.25, 0.3) is 0 Å². The van der Waals surface area contributed by atoms with Gasteiger partial charge in [-0.05, 0) is 36.8 Å². The Hall–Kier alpha value is -2.00. The summed E-state index contributed by atoms with van der Waals surface area (Å²) in [4.78, 5) is 25.2. The third-order valence-corrected chi connectivity index (χ3v) is 6.79. The molecule has 1 spiro atoms. The first-order valence-corrected chi connectivity index (χ1v) is 11.9. The summed E-state index contributed by atoms with van der Waals surface area (Å²) in [7, 11) is 0. The molecule has 4 unspecified atom stereocenters. The number of phenols is 2. The molecule has 1 aromatic carbocycles. The minimum absolute atomic E-state index is 0.0663. The molecule has 184 valence electrons. The zero-order valence-corrected chi connectivity index (χ0v) is 19.8. The molecule has 1 aromatic rings. The molecule has 4 N–H and O–H groups in total. The van der Waals surface area contributed by atoms with E-state index in [0.29, 0.717) is 37.5 Å². The number of aliphatic hydroxyl groups is 2. The average Bonchev–Trinajstić information content (AvgIpc) is 3.47. The predicted octanol–water partition coefficient (Wildman–Crippen LogP) is 3.11. The molecule has 0 radical (unpaired) electrons. The lowest BCUT2D eigenvalue weighted by Crippen LogP contribution is -2.55. The first-order chi connectivity index (χ1) is 15.6. The van der Waals surface area contributed by atoms with E-state index in [1.807, 2.05) is 27.7 Å². The second kappa shape index (κ2) is 10.1. The largest absolute Gasteiger partial charge is 0.507 e. The molecule has 2 fully saturated rings. The molecular weight excluding hydrogens is 428 g/mol. The van der Waals surface area contributed by atoms with Crippen LogP contribution in [0.1, 0.15) is 86.1 Å². The predicted molar refractivity (Wildman–Crippen MR) is 120 cm³/mol. The summed E-state index contributed by atoms with van der Waals surface area (Å²) >= 11 is 0. The number of aldehydes is 1. The van der Waals surface area contributed by atoms with Gasteiger partial charge in [-0.3, -0.25) is 9.59 Å². The van der Waals surface area contributed by atoms with Crippen molar-refractivity contribution < 1.29 is 39.5 Å². The molecule has 2 aliphatic heterocycles. The van der Waals surface area contributed by atoms with Crippen molar-refractivity contribution in [3.05, 3.63) is 22.8 Å². The van der Waals surface area contributed by atoms with Crippen molar-refractivity contribution in [3.8, 4) is 11.5 Å². The number of hydrogen-bond acceptors (Lipinski definition) is 8. The first-order valence-electron chi connectivity index (χ1n) is 11.9. The molecule has 8 nitrogen and oxygen atoms in total. The van der Waals surface area contributed by atoms with E-state index in [0.717, 1.165) is 6.42 Å². The molecule has 0 saturated carbocycles. The van der Waals surface area contributed by atoms with Crippen LogP contribution in [-0.2, 0) is 15.9 Å². The molecular formula is C25H36O8. The standard InChI is InChI=1S/C25H36O8/c1-5-7-15(18-11-19(27)25(24(31)32-18)20(33-25)8-6-2)22(29)16-10-14(9-13(3)4)21(28)17(12-26)23(16)30/h10,12-13,15,18-20,24,27-28,30-31H,5-9,11H2,1-4H3/t15?,18?,19?,20-,24+,25?/m0/s1. The summed E-state index contributed by atoms with van der Waals surface area (Å²) in [6.07, 6.45) is -0.0366. The van der Waals surface area contributed by atoms with Crippen LogP contribution in [0, 0.1) is 11.8 Å². The lowest BCUT2D eigenvalue weighted by molar-refractivity contribution is -0.239. The smallest absolute Gasteiger partial charge is 0.189 e. The highest BCUT2D eigenvalue weighted by atomic mass is 16.7. The van der Waals surface area contributed by atoms with Gasteiger partial charge in [0.15, 0.2) is 24.0 Å². The van der Waals surface area contributed by atoms with E-state index in [1.54, 1.807) is 0 Å². The van der Waals surface area contributed by atoms with Crippen LogP contribution in [0.5, 0.6) is 11.5 Å². The zero-order chi connectivity index (χ0) is 24.5. The average molecular weight is 465 g/mol. The van der Waals surface area contributed by atoms with Gasteiger partial charge < -0.3 is 29.9 Å². The van der Waals surface area contributed by atoms with Crippen LogP contribution in [-0.4, -0.2) is 62.7 Å². The lowest BCUT2D eigenvalue weighted by atomic mass is 9.80. The van der Waals surface area contributed by atoms with Gasteiger partial charge in [-0.2, -0.15) is 0 Å².